The van der Waals surface area contributed by atoms with Crippen molar-refractivity contribution >= 4 is 33.6 Å². The van der Waals surface area contributed by atoms with Crippen LogP contribution in [0, 0.1) is 0 Å². The number of hydrogen-bond acceptors (Lipinski definition) is 5. The lowest BCUT2D eigenvalue weighted by atomic mass is 9.84. The molecule has 248 valence electrons. The number of amidine groups is 2. The summed E-state index contributed by atoms with van der Waals surface area (Å²) in [5.74, 6) is 1.89. The SMILES string of the molecule is c1ccc(C2=NC(c3cccc4oc5ccc(-c6ccc7c(c6)-c6ccncc6CCC7c6ccccc6)cc5c34)N=C(c3ccccc3)N2)cc1. The maximum Gasteiger partial charge on any atom is 0.170 e. The zero-order valence-corrected chi connectivity index (χ0v) is 28.4. The summed E-state index contributed by atoms with van der Waals surface area (Å²) in [5, 5.41) is 5.61. The van der Waals surface area contributed by atoms with Crippen LogP contribution < -0.4 is 5.32 Å². The first-order valence-corrected chi connectivity index (χ1v) is 17.9. The number of rotatable bonds is 5. The highest BCUT2D eigenvalue weighted by molar-refractivity contribution is 6.16. The van der Waals surface area contributed by atoms with Crippen LogP contribution in [-0.2, 0) is 6.42 Å². The molecular weight excluding hydrogens is 637 g/mol. The Morgan fingerprint density at radius 1 is 0.558 bits per heavy atom. The molecule has 0 bridgehead atoms. The molecule has 8 aromatic rings. The molecule has 1 aliphatic heterocycles. The highest BCUT2D eigenvalue weighted by atomic mass is 16.3. The Bertz CT molecular complexity index is 2600. The van der Waals surface area contributed by atoms with Gasteiger partial charge in [0.2, 0.25) is 0 Å². The highest BCUT2D eigenvalue weighted by Gasteiger charge is 2.26. The van der Waals surface area contributed by atoms with Crippen LogP contribution in [0.4, 0.5) is 0 Å². The number of furan rings is 1. The Morgan fingerprint density at radius 3 is 2.00 bits per heavy atom. The molecule has 52 heavy (non-hydrogen) atoms. The molecule has 1 aliphatic carbocycles. The Kier molecular flexibility index (Phi) is 7.35. The highest BCUT2D eigenvalue weighted by Crippen LogP contribution is 2.44. The third-order valence-corrected chi connectivity index (χ3v) is 10.5. The lowest BCUT2D eigenvalue weighted by Crippen LogP contribution is -2.36. The van der Waals surface area contributed by atoms with E-state index in [4.69, 9.17) is 14.4 Å². The van der Waals surface area contributed by atoms with Crippen LogP contribution in [-0.4, -0.2) is 16.7 Å². The second-order valence-corrected chi connectivity index (χ2v) is 13.6. The van der Waals surface area contributed by atoms with Gasteiger partial charge in [-0.25, -0.2) is 9.98 Å². The van der Waals surface area contributed by atoms with Gasteiger partial charge in [0.05, 0.1) is 0 Å². The van der Waals surface area contributed by atoms with Crippen molar-refractivity contribution in [3.63, 3.8) is 0 Å². The lowest BCUT2D eigenvalue weighted by Gasteiger charge is -2.22. The minimum atomic E-state index is -0.465. The molecule has 10 rings (SSSR count). The third-order valence-electron chi connectivity index (χ3n) is 10.5. The summed E-state index contributed by atoms with van der Waals surface area (Å²) in [5.41, 5.74) is 13.6. The van der Waals surface area contributed by atoms with Gasteiger partial charge in [-0.15, -0.1) is 0 Å². The Hall–Kier alpha value is -6.59. The first kappa shape index (κ1) is 30.3. The van der Waals surface area contributed by atoms with E-state index in [1.165, 1.54) is 33.4 Å². The summed E-state index contributed by atoms with van der Waals surface area (Å²) in [4.78, 5) is 14.9. The van der Waals surface area contributed by atoms with Crippen molar-refractivity contribution in [2.24, 2.45) is 9.98 Å². The van der Waals surface area contributed by atoms with Gasteiger partial charge in [0.15, 0.2) is 6.17 Å². The topological polar surface area (TPSA) is 62.8 Å². The van der Waals surface area contributed by atoms with Gasteiger partial charge in [0, 0.05) is 45.8 Å². The molecule has 1 unspecified atom stereocenters. The number of pyridine rings is 1. The van der Waals surface area contributed by atoms with Gasteiger partial charge in [-0.3, -0.25) is 4.98 Å². The molecule has 0 radical (unpaired) electrons. The minimum Gasteiger partial charge on any atom is -0.456 e. The summed E-state index contributed by atoms with van der Waals surface area (Å²) in [6.07, 6.45) is 5.53. The molecule has 0 saturated carbocycles. The van der Waals surface area contributed by atoms with Gasteiger partial charge in [-0.1, -0.05) is 121 Å². The Morgan fingerprint density at radius 2 is 1.25 bits per heavy atom. The van der Waals surface area contributed by atoms with Crippen molar-refractivity contribution in [1.82, 2.24) is 10.3 Å². The van der Waals surface area contributed by atoms with E-state index in [1.54, 1.807) is 0 Å². The van der Waals surface area contributed by atoms with Crippen molar-refractivity contribution in [2.45, 2.75) is 24.9 Å². The molecule has 3 heterocycles. The number of fused-ring (bicyclic) bond motifs is 6. The van der Waals surface area contributed by atoms with Gasteiger partial charge in [-0.2, -0.15) is 0 Å². The monoisotopic (exact) mass is 670 g/mol. The van der Waals surface area contributed by atoms with Gasteiger partial charge >= 0.3 is 0 Å². The van der Waals surface area contributed by atoms with E-state index < -0.39 is 6.17 Å². The van der Waals surface area contributed by atoms with Gasteiger partial charge in [0.1, 0.15) is 22.8 Å². The van der Waals surface area contributed by atoms with Crippen molar-refractivity contribution in [3.05, 3.63) is 197 Å². The van der Waals surface area contributed by atoms with Crippen LogP contribution in [0.5, 0.6) is 0 Å². The largest absolute Gasteiger partial charge is 0.456 e. The number of hydrogen-bond donors (Lipinski definition) is 1. The number of nitrogens with zero attached hydrogens (tertiary/aromatic N) is 3. The van der Waals surface area contributed by atoms with Crippen molar-refractivity contribution in [1.29, 1.82) is 0 Å². The molecular formula is C47H34N4O. The smallest absolute Gasteiger partial charge is 0.170 e. The standard InChI is InChI=1S/C47H34N4O/c1-4-11-30(12-5-1)36-22-20-35-29-48-26-25-37(35)40-27-33(19-23-38(36)40)34-21-24-42-41(28-34)44-39(17-10-18-43(44)52-42)47-50-45(31-13-6-2-7-14-31)49-46(51-47)32-15-8-3-9-16-32/h1-19,21,23-29,36,47H,20,22H2,(H,49,50,51). The van der Waals surface area contributed by atoms with Crippen molar-refractivity contribution in [3.8, 4) is 22.3 Å². The van der Waals surface area contributed by atoms with E-state index in [1.807, 2.05) is 60.9 Å². The number of aliphatic imine (C=N–C) groups is 2. The minimum absolute atomic E-state index is 0.313. The quantitative estimate of drug-likeness (QED) is 0.198. The van der Waals surface area contributed by atoms with E-state index >= 15 is 0 Å². The van der Waals surface area contributed by atoms with Crippen molar-refractivity contribution < 1.29 is 4.42 Å². The van der Waals surface area contributed by atoms with E-state index in [0.717, 1.165) is 68.7 Å². The van der Waals surface area contributed by atoms with Crippen LogP contribution in [0.2, 0.25) is 0 Å². The third kappa shape index (κ3) is 5.30. The maximum absolute atomic E-state index is 6.49. The van der Waals surface area contributed by atoms with Crippen LogP contribution in [0.1, 0.15) is 51.9 Å². The number of nitrogens with one attached hydrogen (secondary N) is 1. The second kappa shape index (κ2) is 12.6. The fraction of sp³-hybridized carbons (Fsp3) is 0.0851. The predicted octanol–water partition coefficient (Wildman–Crippen LogP) is 10.9. The van der Waals surface area contributed by atoms with Crippen LogP contribution in [0.25, 0.3) is 44.2 Å². The molecule has 6 aromatic carbocycles. The van der Waals surface area contributed by atoms with Crippen molar-refractivity contribution in [2.75, 3.05) is 0 Å². The average molecular weight is 671 g/mol. The van der Waals surface area contributed by atoms with Gasteiger partial charge < -0.3 is 9.73 Å². The number of benzene rings is 6. The molecule has 0 saturated heterocycles. The molecule has 2 aliphatic rings. The summed E-state index contributed by atoms with van der Waals surface area (Å²) in [6.45, 7) is 0. The molecule has 5 nitrogen and oxygen atoms in total. The second-order valence-electron chi connectivity index (χ2n) is 13.6. The van der Waals surface area contributed by atoms with Gasteiger partial charge in [0.25, 0.3) is 0 Å². The Labute approximate surface area is 302 Å². The van der Waals surface area contributed by atoms with Crippen LogP contribution >= 0.6 is 0 Å². The zero-order chi connectivity index (χ0) is 34.4. The summed E-state index contributed by atoms with van der Waals surface area (Å²) >= 11 is 0. The van der Waals surface area contributed by atoms with E-state index in [0.29, 0.717) is 5.92 Å². The van der Waals surface area contributed by atoms with E-state index in [9.17, 15) is 0 Å². The van der Waals surface area contributed by atoms with E-state index in [-0.39, 0.29) is 0 Å². The fourth-order valence-corrected chi connectivity index (χ4v) is 7.97. The molecule has 0 spiro atoms. The molecule has 1 atom stereocenters. The zero-order valence-electron chi connectivity index (χ0n) is 28.4. The summed E-state index contributed by atoms with van der Waals surface area (Å²) in [6, 6.07) is 53.3. The average Bonchev–Trinajstić information content (AvgIpc) is 3.52. The Balaban J connectivity index is 1.12. The van der Waals surface area contributed by atoms with Crippen LogP contribution in [0.3, 0.4) is 0 Å². The molecule has 0 amide bonds. The molecule has 0 fully saturated rings. The van der Waals surface area contributed by atoms with E-state index in [2.05, 4.69) is 113 Å². The first-order chi connectivity index (χ1) is 25.8. The van der Waals surface area contributed by atoms with Crippen LogP contribution in [0.15, 0.2) is 178 Å². The molecule has 2 aromatic heterocycles. The maximum atomic E-state index is 6.49. The lowest BCUT2D eigenvalue weighted by molar-refractivity contribution is 0.667. The summed E-state index contributed by atoms with van der Waals surface area (Å²) in [7, 11) is 0. The predicted molar refractivity (Wildman–Crippen MR) is 211 cm³/mol. The number of aromatic nitrogens is 1. The summed E-state index contributed by atoms with van der Waals surface area (Å²) < 4.78 is 6.49. The first-order valence-electron chi connectivity index (χ1n) is 17.9. The normalized spacial score (nSPS) is 15.7. The number of aryl methyl sites for hydroxylation is 1. The molecule has 5 heteroatoms. The van der Waals surface area contributed by atoms with Gasteiger partial charge in [-0.05, 0) is 82.1 Å². The molecule has 1 N–H and O–H groups in total. The fourth-order valence-electron chi connectivity index (χ4n) is 7.97.